The second-order valence-corrected chi connectivity index (χ2v) is 8.94. The third-order valence-electron chi connectivity index (χ3n) is 4.87. The third kappa shape index (κ3) is 4.57. The molecule has 0 amide bonds. The number of carbonyl (C=O) groups excluding carboxylic acids is 1. The van der Waals surface area contributed by atoms with Gasteiger partial charge in [0, 0.05) is 13.1 Å². The molecule has 0 aromatic heterocycles. The average Bonchev–Trinajstić information content (AvgIpc) is 2.68. The van der Waals surface area contributed by atoms with E-state index in [1.807, 2.05) is 31.2 Å². The van der Waals surface area contributed by atoms with Gasteiger partial charge in [-0.15, -0.1) is 0 Å². The van der Waals surface area contributed by atoms with Crippen LogP contribution in [0.3, 0.4) is 0 Å². The van der Waals surface area contributed by atoms with Crippen molar-refractivity contribution in [2.75, 3.05) is 13.1 Å². The number of rotatable bonds is 5. The molecule has 1 heterocycles. The summed E-state index contributed by atoms with van der Waals surface area (Å²) in [5, 5.41) is 0. The average molecular weight is 388 g/mol. The van der Waals surface area contributed by atoms with Crippen molar-refractivity contribution in [1.82, 2.24) is 4.31 Å². The summed E-state index contributed by atoms with van der Waals surface area (Å²) >= 11 is 0. The first-order valence-electron chi connectivity index (χ1n) is 9.21. The van der Waals surface area contributed by atoms with E-state index in [1.165, 1.54) is 10.4 Å². The minimum Gasteiger partial charge on any atom is -0.457 e. The zero-order valence-corrected chi connectivity index (χ0v) is 16.6. The summed E-state index contributed by atoms with van der Waals surface area (Å²) in [6, 6.07) is 12.4. The molecule has 144 valence electrons. The van der Waals surface area contributed by atoms with E-state index in [9.17, 15) is 13.2 Å². The predicted molar refractivity (Wildman–Crippen MR) is 104 cm³/mol. The van der Waals surface area contributed by atoms with Gasteiger partial charge in [0.1, 0.15) is 6.61 Å². The van der Waals surface area contributed by atoms with Crippen molar-refractivity contribution >= 4 is 16.0 Å². The van der Waals surface area contributed by atoms with Crippen LogP contribution in [0.5, 0.6) is 0 Å². The minimum absolute atomic E-state index is 0.150. The molecular formula is C21H25NO4S. The monoisotopic (exact) mass is 387 g/mol. The van der Waals surface area contributed by atoms with E-state index in [0.29, 0.717) is 24.2 Å². The normalized spacial score (nSPS) is 15.5. The van der Waals surface area contributed by atoms with E-state index in [0.717, 1.165) is 30.4 Å². The van der Waals surface area contributed by atoms with Crippen LogP contribution in [0.1, 0.15) is 46.3 Å². The Labute approximate surface area is 161 Å². The summed E-state index contributed by atoms with van der Waals surface area (Å²) < 4.78 is 32.6. The van der Waals surface area contributed by atoms with E-state index >= 15 is 0 Å². The Kier molecular flexibility index (Phi) is 5.97. The quantitative estimate of drug-likeness (QED) is 0.732. The fraction of sp³-hybridized carbons (Fsp3) is 0.381. The van der Waals surface area contributed by atoms with E-state index in [-0.39, 0.29) is 11.5 Å². The molecule has 0 aliphatic carbocycles. The molecule has 1 aliphatic rings. The highest BCUT2D eigenvalue weighted by molar-refractivity contribution is 7.89. The van der Waals surface area contributed by atoms with Crippen LogP contribution in [-0.4, -0.2) is 31.8 Å². The number of piperidine rings is 1. The molecule has 0 saturated carbocycles. The topological polar surface area (TPSA) is 63.7 Å². The molecule has 6 heteroatoms. The van der Waals surface area contributed by atoms with Gasteiger partial charge >= 0.3 is 5.97 Å². The van der Waals surface area contributed by atoms with Gasteiger partial charge in [0.2, 0.25) is 10.0 Å². The minimum atomic E-state index is -3.58. The number of carbonyl (C=O) groups is 1. The number of hydrogen-bond donors (Lipinski definition) is 0. The summed E-state index contributed by atoms with van der Waals surface area (Å²) in [7, 11) is -3.58. The number of sulfonamides is 1. The molecule has 0 N–H and O–H groups in total. The predicted octanol–water partition coefficient (Wildman–Crippen LogP) is 3.84. The highest BCUT2D eigenvalue weighted by atomic mass is 32.2. The van der Waals surface area contributed by atoms with Gasteiger partial charge in [-0.1, -0.05) is 42.3 Å². The summed E-state index contributed by atoms with van der Waals surface area (Å²) in [4.78, 5) is 12.7. The van der Waals surface area contributed by atoms with Gasteiger partial charge in [-0.3, -0.25) is 0 Å². The molecule has 27 heavy (non-hydrogen) atoms. The first-order valence-corrected chi connectivity index (χ1v) is 10.7. The lowest BCUT2D eigenvalue weighted by atomic mass is 10.1. The van der Waals surface area contributed by atoms with Crippen molar-refractivity contribution in [3.05, 3.63) is 64.7 Å². The number of hydrogen-bond acceptors (Lipinski definition) is 4. The van der Waals surface area contributed by atoms with E-state index in [2.05, 4.69) is 0 Å². The van der Waals surface area contributed by atoms with Crippen molar-refractivity contribution in [2.24, 2.45) is 0 Å². The lowest BCUT2D eigenvalue weighted by molar-refractivity contribution is 0.0471. The van der Waals surface area contributed by atoms with Crippen molar-refractivity contribution in [3.8, 4) is 0 Å². The van der Waals surface area contributed by atoms with Gasteiger partial charge in [0.05, 0.1) is 10.5 Å². The van der Waals surface area contributed by atoms with Crippen LogP contribution in [0.2, 0.25) is 0 Å². The number of ether oxygens (including phenoxy) is 1. The Morgan fingerprint density at radius 3 is 2.33 bits per heavy atom. The third-order valence-corrected chi connectivity index (χ3v) is 6.77. The molecule has 5 nitrogen and oxygen atoms in total. The summed E-state index contributed by atoms with van der Waals surface area (Å²) in [5.74, 6) is -0.510. The van der Waals surface area contributed by atoms with Crippen molar-refractivity contribution in [1.29, 1.82) is 0 Å². The second-order valence-electron chi connectivity index (χ2n) is 7.00. The Morgan fingerprint density at radius 1 is 1.00 bits per heavy atom. The van der Waals surface area contributed by atoms with Crippen molar-refractivity contribution in [2.45, 2.75) is 44.6 Å². The standard InChI is InChI=1S/C21H25NO4S/c1-16-6-9-18(10-7-16)15-26-21(23)20-14-19(11-8-17(20)2)27(24,25)22-12-4-3-5-13-22/h6-11,14H,3-5,12-13,15H2,1-2H3. The van der Waals surface area contributed by atoms with Crippen molar-refractivity contribution in [3.63, 3.8) is 0 Å². The summed E-state index contributed by atoms with van der Waals surface area (Å²) in [6.07, 6.45) is 2.80. The molecule has 1 aliphatic heterocycles. The van der Waals surface area contributed by atoms with E-state index < -0.39 is 16.0 Å². The zero-order valence-electron chi connectivity index (χ0n) is 15.8. The number of benzene rings is 2. The Morgan fingerprint density at radius 2 is 1.67 bits per heavy atom. The lowest BCUT2D eigenvalue weighted by Gasteiger charge is -2.26. The lowest BCUT2D eigenvalue weighted by Crippen LogP contribution is -2.35. The zero-order chi connectivity index (χ0) is 19.4. The van der Waals surface area contributed by atoms with E-state index in [4.69, 9.17) is 4.74 Å². The van der Waals surface area contributed by atoms with Crippen LogP contribution < -0.4 is 0 Å². The molecule has 1 fully saturated rings. The van der Waals surface area contributed by atoms with Crippen LogP contribution in [0, 0.1) is 13.8 Å². The maximum absolute atomic E-state index is 12.9. The van der Waals surface area contributed by atoms with Gasteiger partial charge in [0.25, 0.3) is 0 Å². The molecule has 0 bridgehead atoms. The Balaban J connectivity index is 1.78. The number of nitrogens with zero attached hydrogens (tertiary/aromatic N) is 1. The van der Waals surface area contributed by atoms with Gasteiger partial charge in [-0.2, -0.15) is 4.31 Å². The highest BCUT2D eigenvalue weighted by Gasteiger charge is 2.27. The summed E-state index contributed by atoms with van der Waals surface area (Å²) in [5.41, 5.74) is 3.02. The SMILES string of the molecule is Cc1ccc(COC(=O)c2cc(S(=O)(=O)N3CCCCC3)ccc2C)cc1. The Hall–Kier alpha value is -2.18. The molecule has 2 aromatic rings. The molecule has 0 radical (unpaired) electrons. The van der Waals surface area contributed by atoms with E-state index in [1.54, 1.807) is 19.1 Å². The largest absolute Gasteiger partial charge is 0.457 e. The van der Waals surface area contributed by atoms with Crippen LogP contribution in [0.4, 0.5) is 0 Å². The Bertz CT molecular complexity index is 914. The smallest absolute Gasteiger partial charge is 0.338 e. The molecule has 0 spiro atoms. The maximum atomic E-state index is 12.9. The molecular weight excluding hydrogens is 362 g/mol. The van der Waals surface area contributed by atoms with Crippen LogP contribution in [0.15, 0.2) is 47.4 Å². The van der Waals surface area contributed by atoms with Gasteiger partial charge < -0.3 is 4.74 Å². The van der Waals surface area contributed by atoms with Gasteiger partial charge in [-0.05, 0) is 49.9 Å². The fourth-order valence-corrected chi connectivity index (χ4v) is 4.69. The first-order chi connectivity index (χ1) is 12.9. The van der Waals surface area contributed by atoms with Crippen molar-refractivity contribution < 1.29 is 17.9 Å². The van der Waals surface area contributed by atoms with Crippen LogP contribution in [-0.2, 0) is 21.4 Å². The molecule has 1 saturated heterocycles. The van der Waals surface area contributed by atoms with Crippen LogP contribution in [0.25, 0.3) is 0 Å². The fourth-order valence-electron chi connectivity index (χ4n) is 3.15. The van der Waals surface area contributed by atoms with Gasteiger partial charge in [-0.25, -0.2) is 13.2 Å². The molecule has 3 rings (SSSR count). The maximum Gasteiger partial charge on any atom is 0.338 e. The van der Waals surface area contributed by atoms with Crippen LogP contribution >= 0.6 is 0 Å². The molecule has 0 atom stereocenters. The number of aryl methyl sites for hydroxylation is 2. The highest BCUT2D eigenvalue weighted by Crippen LogP contribution is 2.23. The molecule has 0 unspecified atom stereocenters. The summed E-state index contributed by atoms with van der Waals surface area (Å²) in [6.45, 7) is 4.99. The second kappa shape index (κ2) is 8.23. The molecule has 2 aromatic carbocycles. The van der Waals surface area contributed by atoms with Gasteiger partial charge in [0.15, 0.2) is 0 Å². The number of esters is 1. The first kappa shape index (κ1) is 19.6.